The summed E-state index contributed by atoms with van der Waals surface area (Å²) >= 11 is 3.37. The molecule has 0 unspecified atom stereocenters. The zero-order chi connectivity index (χ0) is 14.1. The lowest BCUT2D eigenvalue weighted by Gasteiger charge is -2.09. The highest BCUT2D eigenvalue weighted by molar-refractivity contribution is 9.09. The summed E-state index contributed by atoms with van der Waals surface area (Å²) in [5.74, 6) is 0.900. The summed E-state index contributed by atoms with van der Waals surface area (Å²) in [7, 11) is 0. The van der Waals surface area contributed by atoms with Crippen LogP contribution in [0.4, 0.5) is 0 Å². The second-order valence-corrected chi connectivity index (χ2v) is 4.87. The summed E-state index contributed by atoms with van der Waals surface area (Å²) in [6.07, 6.45) is 5.06. The molecule has 0 saturated carbocycles. The van der Waals surface area contributed by atoms with Gasteiger partial charge in [-0.2, -0.15) is 0 Å². The van der Waals surface area contributed by atoms with E-state index >= 15 is 0 Å². The minimum Gasteiger partial charge on any atom is -0.487 e. The van der Waals surface area contributed by atoms with Crippen LogP contribution in [0.25, 0.3) is 0 Å². The van der Waals surface area contributed by atoms with Crippen LogP contribution in [-0.2, 0) is 13.0 Å². The first-order chi connectivity index (χ1) is 9.22. The van der Waals surface area contributed by atoms with Crippen molar-refractivity contribution < 1.29 is 14.3 Å². The van der Waals surface area contributed by atoms with Crippen molar-refractivity contribution in [1.82, 2.24) is 0 Å². The van der Waals surface area contributed by atoms with Crippen LogP contribution in [0.5, 0.6) is 5.75 Å². The number of aliphatic hydroxyl groups is 1. The third-order valence-corrected chi connectivity index (χ3v) is 3.09. The zero-order valence-electron chi connectivity index (χ0n) is 10.9. The van der Waals surface area contributed by atoms with Gasteiger partial charge in [-0.15, -0.1) is 6.58 Å². The summed E-state index contributed by atoms with van der Waals surface area (Å²) < 4.78 is 10.9. The Morgan fingerprint density at radius 1 is 1.42 bits per heavy atom. The summed E-state index contributed by atoms with van der Waals surface area (Å²) in [6.45, 7) is 3.80. The Bertz CT molecular complexity index is 453. The molecular weight excluding hydrogens is 312 g/mol. The van der Waals surface area contributed by atoms with Gasteiger partial charge in [0.25, 0.3) is 0 Å². The van der Waals surface area contributed by atoms with Gasteiger partial charge in [-0.25, -0.2) is 0 Å². The molecule has 0 aliphatic heterocycles. The molecule has 0 fully saturated rings. The first kappa shape index (κ1) is 16.0. The number of hydrogen-bond acceptors (Lipinski definition) is 4. The Morgan fingerprint density at radius 3 is 2.84 bits per heavy atom. The number of ether oxygens (including phenoxy) is 1. The van der Waals surface area contributed by atoms with E-state index in [1.807, 2.05) is 0 Å². The van der Waals surface area contributed by atoms with Gasteiger partial charge < -0.3 is 14.3 Å². The zero-order valence-corrected chi connectivity index (χ0v) is 12.4. The van der Waals surface area contributed by atoms with E-state index in [2.05, 4.69) is 22.5 Å². The lowest BCUT2D eigenvalue weighted by atomic mass is 10.2. The summed E-state index contributed by atoms with van der Waals surface area (Å²) in [4.78, 5) is 11.9. The quantitative estimate of drug-likeness (QED) is 0.429. The molecule has 0 aliphatic rings. The van der Waals surface area contributed by atoms with E-state index in [0.29, 0.717) is 18.8 Å². The first-order valence-electron chi connectivity index (χ1n) is 6.29. The van der Waals surface area contributed by atoms with E-state index in [1.54, 1.807) is 6.08 Å². The van der Waals surface area contributed by atoms with Gasteiger partial charge in [-0.3, -0.25) is 4.79 Å². The predicted molar refractivity (Wildman–Crippen MR) is 77.9 cm³/mol. The molecule has 0 atom stereocenters. The molecule has 1 heterocycles. The molecule has 0 aliphatic carbocycles. The van der Waals surface area contributed by atoms with Crippen molar-refractivity contribution in [2.75, 3.05) is 11.9 Å². The largest absolute Gasteiger partial charge is 0.487 e. The van der Waals surface area contributed by atoms with E-state index < -0.39 is 0 Å². The molecule has 0 amide bonds. The summed E-state index contributed by atoms with van der Waals surface area (Å²) in [5, 5.41) is 9.99. The lowest BCUT2D eigenvalue weighted by Crippen LogP contribution is -2.12. The maximum atomic E-state index is 11.9. The number of aliphatic hydroxyl groups excluding tert-OH is 1. The minimum absolute atomic E-state index is 0.232. The number of halogens is 1. The molecule has 0 bridgehead atoms. The van der Waals surface area contributed by atoms with Gasteiger partial charge in [0.05, 0.1) is 6.61 Å². The molecule has 1 N–H and O–H groups in total. The van der Waals surface area contributed by atoms with Crippen molar-refractivity contribution in [2.24, 2.45) is 0 Å². The normalized spacial score (nSPS) is 10.4. The van der Waals surface area contributed by atoms with Gasteiger partial charge in [0, 0.05) is 17.8 Å². The van der Waals surface area contributed by atoms with E-state index in [-0.39, 0.29) is 23.5 Å². The van der Waals surface area contributed by atoms with Gasteiger partial charge >= 0.3 is 0 Å². The standard InChI is InChI=1S/C14H19BrO4/c1-2-6-13-14(18-8-5-3-4-7-15)12(17)9-11(10-16)19-13/h2,9,16H,1,3-8,10H2. The third-order valence-electron chi connectivity index (χ3n) is 2.53. The fraction of sp³-hybridized carbons (Fsp3) is 0.500. The highest BCUT2D eigenvalue weighted by Gasteiger charge is 2.12. The third kappa shape index (κ3) is 5.20. The topological polar surface area (TPSA) is 59.7 Å². The first-order valence-corrected chi connectivity index (χ1v) is 7.41. The Hall–Kier alpha value is -1.07. The van der Waals surface area contributed by atoms with Crippen molar-refractivity contribution in [3.8, 4) is 5.75 Å². The highest BCUT2D eigenvalue weighted by Crippen LogP contribution is 2.17. The van der Waals surface area contributed by atoms with Crippen LogP contribution in [0.3, 0.4) is 0 Å². The van der Waals surface area contributed by atoms with Gasteiger partial charge in [-0.05, 0) is 19.3 Å². The molecule has 106 valence electrons. The van der Waals surface area contributed by atoms with E-state index in [1.165, 1.54) is 6.07 Å². The van der Waals surface area contributed by atoms with Crippen molar-refractivity contribution in [2.45, 2.75) is 32.3 Å². The molecule has 0 saturated heterocycles. The molecule has 1 rings (SSSR count). The van der Waals surface area contributed by atoms with Crippen molar-refractivity contribution in [3.63, 3.8) is 0 Å². The Kier molecular flexibility index (Phi) is 7.52. The van der Waals surface area contributed by atoms with E-state index in [0.717, 1.165) is 24.6 Å². The van der Waals surface area contributed by atoms with Crippen LogP contribution >= 0.6 is 15.9 Å². The Morgan fingerprint density at radius 2 is 2.21 bits per heavy atom. The average molecular weight is 331 g/mol. The lowest BCUT2D eigenvalue weighted by molar-refractivity contribution is 0.230. The fourth-order valence-corrected chi connectivity index (χ4v) is 2.02. The highest BCUT2D eigenvalue weighted by atomic mass is 79.9. The number of alkyl halides is 1. The monoisotopic (exact) mass is 330 g/mol. The summed E-state index contributed by atoms with van der Waals surface area (Å²) in [5.41, 5.74) is -0.257. The number of hydrogen-bond donors (Lipinski definition) is 1. The smallest absolute Gasteiger partial charge is 0.227 e. The van der Waals surface area contributed by atoms with Crippen LogP contribution in [0.15, 0.2) is 27.9 Å². The summed E-state index contributed by atoms with van der Waals surface area (Å²) in [6, 6.07) is 1.26. The van der Waals surface area contributed by atoms with Crippen molar-refractivity contribution in [1.29, 1.82) is 0 Å². The Balaban J connectivity index is 2.74. The van der Waals surface area contributed by atoms with E-state index in [4.69, 9.17) is 14.3 Å². The second-order valence-electron chi connectivity index (χ2n) is 4.08. The predicted octanol–water partition coefficient (Wildman–Crippen LogP) is 2.80. The van der Waals surface area contributed by atoms with Crippen LogP contribution in [0.1, 0.15) is 30.8 Å². The van der Waals surface area contributed by atoms with Crippen LogP contribution < -0.4 is 10.2 Å². The second kappa shape index (κ2) is 8.93. The van der Waals surface area contributed by atoms with Gasteiger partial charge in [-0.1, -0.05) is 22.0 Å². The molecular formula is C14H19BrO4. The van der Waals surface area contributed by atoms with E-state index in [9.17, 15) is 4.79 Å². The molecule has 0 aromatic carbocycles. The van der Waals surface area contributed by atoms with Gasteiger partial charge in [0.15, 0.2) is 5.76 Å². The van der Waals surface area contributed by atoms with Crippen molar-refractivity contribution in [3.05, 3.63) is 40.5 Å². The van der Waals surface area contributed by atoms with Gasteiger partial charge in [0.1, 0.15) is 12.4 Å². The van der Waals surface area contributed by atoms with Crippen LogP contribution in [-0.4, -0.2) is 17.0 Å². The molecule has 5 heteroatoms. The molecule has 0 spiro atoms. The molecule has 1 aromatic heterocycles. The number of allylic oxidation sites excluding steroid dienone is 1. The van der Waals surface area contributed by atoms with Crippen LogP contribution in [0, 0.1) is 0 Å². The van der Waals surface area contributed by atoms with Gasteiger partial charge in [0.2, 0.25) is 11.2 Å². The molecule has 4 nitrogen and oxygen atoms in total. The molecule has 1 aromatic rings. The number of rotatable bonds is 9. The Labute approximate surface area is 121 Å². The number of unbranched alkanes of at least 4 members (excludes halogenated alkanes) is 2. The fourth-order valence-electron chi connectivity index (χ4n) is 1.63. The van der Waals surface area contributed by atoms with Crippen molar-refractivity contribution >= 4 is 15.9 Å². The maximum Gasteiger partial charge on any atom is 0.227 e. The molecule has 0 radical (unpaired) electrons. The SMILES string of the molecule is C=CCc1oc(CO)cc(=O)c1OCCCCCBr. The minimum atomic E-state index is -0.301. The average Bonchev–Trinajstić information content (AvgIpc) is 2.41. The molecule has 19 heavy (non-hydrogen) atoms. The van der Waals surface area contributed by atoms with Crippen LogP contribution in [0.2, 0.25) is 0 Å². The maximum absolute atomic E-state index is 11.9.